The molecular weight excluding hydrogens is 272 g/mol. The predicted octanol–water partition coefficient (Wildman–Crippen LogP) is 3.90. The van der Waals surface area contributed by atoms with Gasteiger partial charge in [0.05, 0.1) is 5.25 Å². The number of benzene rings is 1. The summed E-state index contributed by atoms with van der Waals surface area (Å²) < 4.78 is 1.06. The molecule has 0 bridgehead atoms. The first-order valence-corrected chi connectivity index (χ1v) is 6.88. The Bertz CT molecular complexity index is 401. The number of thioether (sulfide) groups is 1. The number of carbonyl (C=O) groups excluding carboxylic acids is 1. The second-order valence-electron chi connectivity index (χ2n) is 4.11. The maximum atomic E-state index is 12.2. The zero-order valence-electron chi connectivity index (χ0n) is 8.79. The van der Waals surface area contributed by atoms with Crippen LogP contribution in [-0.4, -0.2) is 11.0 Å². The average Bonchev–Trinajstić information content (AvgIpc) is 2.19. The van der Waals surface area contributed by atoms with Gasteiger partial charge in [-0.3, -0.25) is 4.79 Å². The number of hydrogen-bond acceptors (Lipinski definition) is 2. The number of carbonyl (C=O) groups is 1. The Morgan fingerprint density at radius 1 is 1.47 bits per heavy atom. The Hall–Kier alpha value is -0.280. The van der Waals surface area contributed by atoms with Gasteiger partial charge in [0.15, 0.2) is 5.78 Å². The van der Waals surface area contributed by atoms with Crippen molar-refractivity contribution in [3.8, 4) is 0 Å². The van der Waals surface area contributed by atoms with E-state index < -0.39 is 0 Å². The van der Waals surface area contributed by atoms with E-state index in [0.29, 0.717) is 5.92 Å². The van der Waals surface area contributed by atoms with E-state index in [1.807, 2.05) is 18.2 Å². The molecule has 1 aromatic carbocycles. The van der Waals surface area contributed by atoms with Gasteiger partial charge in [0.1, 0.15) is 0 Å². The van der Waals surface area contributed by atoms with E-state index in [4.69, 9.17) is 0 Å². The Morgan fingerprint density at radius 3 is 2.87 bits per heavy atom. The van der Waals surface area contributed by atoms with Gasteiger partial charge in [0.25, 0.3) is 0 Å². The van der Waals surface area contributed by atoms with Crippen LogP contribution < -0.4 is 0 Å². The van der Waals surface area contributed by atoms with Crippen LogP contribution in [0.15, 0.2) is 22.7 Å². The van der Waals surface area contributed by atoms with Crippen LogP contribution in [0.4, 0.5) is 0 Å². The second-order valence-corrected chi connectivity index (χ2v) is 6.09. The lowest BCUT2D eigenvalue weighted by Crippen LogP contribution is -2.28. The minimum atomic E-state index is 0.131. The first kappa shape index (κ1) is 11.2. The monoisotopic (exact) mass is 284 g/mol. The molecule has 1 nitrogen and oxygen atoms in total. The molecule has 0 spiro atoms. The first-order valence-electron chi connectivity index (χ1n) is 5.04. The van der Waals surface area contributed by atoms with Crippen molar-refractivity contribution in [3.05, 3.63) is 33.8 Å². The smallest absolute Gasteiger partial charge is 0.176 e. The molecule has 0 saturated heterocycles. The molecular formula is C12H13BrOS. The first-order chi connectivity index (χ1) is 7.11. The minimum absolute atomic E-state index is 0.131. The van der Waals surface area contributed by atoms with Crippen LogP contribution in [0.5, 0.6) is 0 Å². The predicted molar refractivity (Wildman–Crippen MR) is 68.4 cm³/mol. The summed E-state index contributed by atoms with van der Waals surface area (Å²) in [6.07, 6.45) is 0. The lowest BCUT2D eigenvalue weighted by Gasteiger charge is -2.26. The molecule has 0 N–H and O–H groups in total. The third-order valence-electron chi connectivity index (χ3n) is 2.66. The summed E-state index contributed by atoms with van der Waals surface area (Å²) in [4.78, 5) is 12.2. The second kappa shape index (κ2) is 4.30. The van der Waals surface area contributed by atoms with Crippen molar-refractivity contribution < 1.29 is 4.79 Å². The number of hydrogen-bond donors (Lipinski definition) is 0. The van der Waals surface area contributed by atoms with E-state index in [0.717, 1.165) is 21.4 Å². The summed E-state index contributed by atoms with van der Waals surface area (Å²) in [7, 11) is 0. The van der Waals surface area contributed by atoms with E-state index in [9.17, 15) is 4.79 Å². The molecule has 15 heavy (non-hydrogen) atoms. The highest BCUT2D eigenvalue weighted by Crippen LogP contribution is 2.37. The minimum Gasteiger partial charge on any atom is -0.293 e. The van der Waals surface area contributed by atoms with Gasteiger partial charge < -0.3 is 0 Å². The van der Waals surface area contributed by atoms with Gasteiger partial charge in [-0.25, -0.2) is 0 Å². The summed E-state index contributed by atoms with van der Waals surface area (Å²) in [5.74, 6) is 1.64. The van der Waals surface area contributed by atoms with Crippen LogP contribution in [0.1, 0.15) is 29.8 Å². The number of Topliss-reactive ketones (excluding diaryl/α,β-unsaturated/α-hetero) is 1. The lowest BCUT2D eigenvalue weighted by molar-refractivity contribution is 0.0973. The Balaban J connectivity index is 2.43. The van der Waals surface area contributed by atoms with Crippen molar-refractivity contribution in [1.29, 1.82) is 0 Å². The Labute approximate surface area is 103 Å². The van der Waals surface area contributed by atoms with Crippen LogP contribution in [0.3, 0.4) is 0 Å². The molecule has 0 amide bonds. The van der Waals surface area contributed by atoms with Crippen molar-refractivity contribution in [2.75, 3.05) is 0 Å². The highest BCUT2D eigenvalue weighted by atomic mass is 79.9. The quantitative estimate of drug-likeness (QED) is 0.778. The molecule has 0 radical (unpaired) electrons. The fraction of sp³-hybridized carbons (Fsp3) is 0.417. The van der Waals surface area contributed by atoms with Crippen LogP contribution in [0.25, 0.3) is 0 Å². The van der Waals surface area contributed by atoms with Crippen LogP contribution in [-0.2, 0) is 5.75 Å². The van der Waals surface area contributed by atoms with E-state index in [-0.39, 0.29) is 11.0 Å². The molecule has 80 valence electrons. The largest absolute Gasteiger partial charge is 0.293 e. The van der Waals surface area contributed by atoms with Crippen LogP contribution in [0.2, 0.25) is 0 Å². The van der Waals surface area contributed by atoms with Crippen LogP contribution in [0, 0.1) is 5.92 Å². The van der Waals surface area contributed by atoms with Gasteiger partial charge in [0, 0.05) is 15.8 Å². The molecule has 0 saturated carbocycles. The molecule has 1 aromatic rings. The topological polar surface area (TPSA) is 17.1 Å². The van der Waals surface area contributed by atoms with E-state index in [2.05, 4.69) is 29.8 Å². The molecule has 1 unspecified atom stereocenters. The van der Waals surface area contributed by atoms with Gasteiger partial charge in [0.2, 0.25) is 0 Å². The van der Waals surface area contributed by atoms with Crippen molar-refractivity contribution in [2.24, 2.45) is 5.92 Å². The van der Waals surface area contributed by atoms with Crippen molar-refractivity contribution in [1.82, 2.24) is 0 Å². The van der Waals surface area contributed by atoms with E-state index >= 15 is 0 Å². The summed E-state index contributed by atoms with van der Waals surface area (Å²) in [6.45, 7) is 4.22. The average molecular weight is 285 g/mol. The third kappa shape index (κ3) is 2.00. The van der Waals surface area contributed by atoms with Crippen LogP contribution >= 0.6 is 27.7 Å². The Morgan fingerprint density at radius 2 is 2.20 bits per heavy atom. The van der Waals surface area contributed by atoms with Gasteiger partial charge in [-0.1, -0.05) is 41.9 Å². The van der Waals surface area contributed by atoms with Gasteiger partial charge in [-0.05, 0) is 17.5 Å². The van der Waals surface area contributed by atoms with Gasteiger partial charge in [-0.15, -0.1) is 11.8 Å². The summed E-state index contributed by atoms with van der Waals surface area (Å²) in [6, 6.07) is 5.88. The molecule has 0 aromatic heterocycles. The molecule has 3 heteroatoms. The molecule has 2 rings (SSSR count). The number of halogens is 1. The highest BCUT2D eigenvalue weighted by molar-refractivity contribution is 9.10. The standard InChI is InChI=1S/C12H13BrOS/c1-7(2)12-11(14)8-4-3-5-10(13)9(8)6-15-12/h3-5,7,12H,6H2,1-2H3. The number of fused-ring (bicyclic) bond motifs is 1. The zero-order chi connectivity index (χ0) is 11.0. The van der Waals surface area contributed by atoms with Gasteiger partial charge >= 0.3 is 0 Å². The SMILES string of the molecule is CC(C)C1SCc2c(Br)cccc2C1=O. The molecule has 0 fully saturated rings. The summed E-state index contributed by atoms with van der Waals surface area (Å²) in [5, 5.41) is 0.131. The zero-order valence-corrected chi connectivity index (χ0v) is 11.2. The van der Waals surface area contributed by atoms with Crippen molar-refractivity contribution in [2.45, 2.75) is 24.9 Å². The summed E-state index contributed by atoms with van der Waals surface area (Å²) >= 11 is 5.26. The van der Waals surface area contributed by atoms with E-state index in [1.165, 1.54) is 0 Å². The fourth-order valence-corrected chi connectivity index (χ4v) is 3.85. The van der Waals surface area contributed by atoms with Crippen molar-refractivity contribution in [3.63, 3.8) is 0 Å². The molecule has 1 heterocycles. The summed E-state index contributed by atoms with van der Waals surface area (Å²) in [5.41, 5.74) is 2.06. The maximum absolute atomic E-state index is 12.2. The molecule has 1 aliphatic rings. The molecule has 0 aliphatic carbocycles. The highest BCUT2D eigenvalue weighted by Gasteiger charge is 2.30. The molecule has 1 atom stereocenters. The van der Waals surface area contributed by atoms with E-state index in [1.54, 1.807) is 11.8 Å². The third-order valence-corrected chi connectivity index (χ3v) is 4.97. The number of rotatable bonds is 1. The lowest BCUT2D eigenvalue weighted by atomic mass is 9.96. The maximum Gasteiger partial charge on any atom is 0.176 e. The Kier molecular flexibility index (Phi) is 3.21. The normalized spacial score (nSPS) is 20.5. The molecule has 1 aliphatic heterocycles. The van der Waals surface area contributed by atoms with Gasteiger partial charge in [-0.2, -0.15) is 0 Å². The number of ketones is 1. The fourth-order valence-electron chi connectivity index (χ4n) is 1.83. The van der Waals surface area contributed by atoms with Crippen molar-refractivity contribution >= 4 is 33.5 Å².